The van der Waals surface area contributed by atoms with Gasteiger partial charge in [0.25, 0.3) is 0 Å². The third-order valence-electron chi connectivity index (χ3n) is 4.51. The zero-order valence-electron chi connectivity index (χ0n) is 15.3. The van der Waals surface area contributed by atoms with Gasteiger partial charge in [-0.2, -0.15) is 0 Å². The van der Waals surface area contributed by atoms with Gasteiger partial charge in [-0.05, 0) is 30.2 Å². The Morgan fingerprint density at radius 2 is 2.15 bits per heavy atom. The summed E-state index contributed by atoms with van der Waals surface area (Å²) in [6.45, 7) is 6.08. The summed E-state index contributed by atoms with van der Waals surface area (Å²) in [6, 6.07) is 4.23. The molecule has 0 bridgehead atoms. The molecule has 140 valence electrons. The van der Waals surface area contributed by atoms with Gasteiger partial charge in [-0.3, -0.25) is 9.59 Å². The van der Waals surface area contributed by atoms with E-state index in [9.17, 15) is 14.0 Å². The Morgan fingerprint density at radius 1 is 1.38 bits per heavy atom. The molecule has 1 aliphatic rings. The van der Waals surface area contributed by atoms with Crippen molar-refractivity contribution in [2.45, 2.75) is 33.2 Å². The summed E-state index contributed by atoms with van der Waals surface area (Å²) in [6.07, 6.45) is 2.49. The Kier molecular flexibility index (Phi) is 5.27. The predicted molar refractivity (Wildman–Crippen MR) is 102 cm³/mol. The Bertz CT molecular complexity index is 828. The van der Waals surface area contributed by atoms with Gasteiger partial charge in [0, 0.05) is 34.8 Å². The lowest BCUT2D eigenvalue weighted by Gasteiger charge is -2.29. The van der Waals surface area contributed by atoms with Crippen LogP contribution >= 0.6 is 11.8 Å². The van der Waals surface area contributed by atoms with Gasteiger partial charge in [-0.25, -0.2) is 4.39 Å². The number of H-pyrrole nitrogens is 1. The molecule has 5 nitrogen and oxygen atoms in total. The molecule has 26 heavy (non-hydrogen) atoms. The minimum absolute atomic E-state index is 0.00121. The van der Waals surface area contributed by atoms with Crippen LogP contribution in [0.15, 0.2) is 24.4 Å². The number of halogens is 1. The van der Waals surface area contributed by atoms with Crippen molar-refractivity contribution in [2.75, 3.05) is 18.2 Å². The molecule has 1 atom stereocenters. The fourth-order valence-electron chi connectivity index (χ4n) is 3.09. The average molecular weight is 377 g/mol. The molecule has 1 saturated heterocycles. The van der Waals surface area contributed by atoms with Crippen molar-refractivity contribution in [2.24, 2.45) is 5.41 Å². The fourth-order valence-corrected chi connectivity index (χ4v) is 4.25. The number of nitrogens with zero attached hydrogens (tertiary/aromatic N) is 1. The van der Waals surface area contributed by atoms with Crippen molar-refractivity contribution in [3.05, 3.63) is 35.8 Å². The Morgan fingerprint density at radius 3 is 2.88 bits per heavy atom. The molecule has 0 spiro atoms. The molecule has 1 fully saturated rings. The van der Waals surface area contributed by atoms with Crippen LogP contribution in [-0.2, 0) is 16.0 Å². The zero-order valence-corrected chi connectivity index (χ0v) is 16.1. The summed E-state index contributed by atoms with van der Waals surface area (Å²) in [5, 5.41) is 3.90. The van der Waals surface area contributed by atoms with Crippen LogP contribution in [0.1, 0.15) is 26.3 Å². The summed E-state index contributed by atoms with van der Waals surface area (Å²) in [5.74, 6) is 0.795. The lowest BCUT2D eigenvalue weighted by molar-refractivity contribution is -0.144. The SMILES string of the molecule is CC(C)(C)C(=O)N1CSCC1C(=O)NCCc1c[nH]c2cc(F)ccc12. The number of carbonyl (C=O) groups excluding carboxylic acids is 2. The van der Waals surface area contributed by atoms with Crippen LogP contribution in [0.4, 0.5) is 4.39 Å². The average Bonchev–Trinajstić information content (AvgIpc) is 3.20. The number of hydrogen-bond donors (Lipinski definition) is 2. The molecular weight excluding hydrogens is 353 g/mol. The van der Waals surface area contributed by atoms with Crippen molar-refractivity contribution >= 4 is 34.5 Å². The molecule has 0 saturated carbocycles. The maximum atomic E-state index is 13.3. The highest BCUT2D eigenvalue weighted by atomic mass is 32.2. The van der Waals surface area contributed by atoms with E-state index in [1.165, 1.54) is 12.1 Å². The number of rotatable bonds is 4. The second-order valence-electron chi connectivity index (χ2n) is 7.59. The zero-order chi connectivity index (χ0) is 18.9. The molecule has 2 heterocycles. The summed E-state index contributed by atoms with van der Waals surface area (Å²) in [5.41, 5.74) is 1.28. The first-order valence-corrected chi connectivity index (χ1v) is 9.85. The second-order valence-corrected chi connectivity index (χ2v) is 8.59. The number of amides is 2. The van der Waals surface area contributed by atoms with Crippen LogP contribution in [0.2, 0.25) is 0 Å². The normalized spacial score (nSPS) is 17.7. The van der Waals surface area contributed by atoms with E-state index in [0.717, 1.165) is 16.5 Å². The van der Waals surface area contributed by atoms with Crippen molar-refractivity contribution in [3.63, 3.8) is 0 Å². The molecule has 2 amide bonds. The van der Waals surface area contributed by atoms with Gasteiger partial charge in [0.15, 0.2) is 0 Å². The van der Waals surface area contributed by atoms with E-state index in [1.807, 2.05) is 27.0 Å². The molecule has 2 N–H and O–H groups in total. The Balaban J connectivity index is 1.59. The van der Waals surface area contributed by atoms with Gasteiger partial charge >= 0.3 is 0 Å². The first kappa shape index (κ1) is 18.8. The predicted octanol–water partition coefficient (Wildman–Crippen LogP) is 2.91. The first-order valence-electron chi connectivity index (χ1n) is 8.69. The summed E-state index contributed by atoms with van der Waals surface area (Å²) in [7, 11) is 0. The lowest BCUT2D eigenvalue weighted by atomic mass is 9.94. The first-order chi connectivity index (χ1) is 12.3. The van der Waals surface area contributed by atoms with Crippen LogP contribution in [0.3, 0.4) is 0 Å². The van der Waals surface area contributed by atoms with E-state index >= 15 is 0 Å². The molecular formula is C19H24FN3O2S. The van der Waals surface area contributed by atoms with Gasteiger partial charge < -0.3 is 15.2 Å². The van der Waals surface area contributed by atoms with E-state index < -0.39 is 11.5 Å². The fraction of sp³-hybridized carbons (Fsp3) is 0.474. The van der Waals surface area contributed by atoms with Gasteiger partial charge in [0.2, 0.25) is 11.8 Å². The smallest absolute Gasteiger partial charge is 0.243 e. The molecule has 1 aliphatic heterocycles. The number of benzene rings is 1. The number of nitrogens with one attached hydrogen (secondary N) is 2. The van der Waals surface area contributed by atoms with Crippen LogP contribution in [0.5, 0.6) is 0 Å². The maximum Gasteiger partial charge on any atom is 0.243 e. The molecule has 2 aromatic rings. The number of thioether (sulfide) groups is 1. The highest BCUT2D eigenvalue weighted by Crippen LogP contribution is 2.27. The number of aromatic nitrogens is 1. The number of aromatic amines is 1. The number of carbonyl (C=O) groups is 2. The van der Waals surface area contributed by atoms with Crippen molar-refractivity contribution in [1.82, 2.24) is 15.2 Å². The minimum atomic E-state index is -0.497. The van der Waals surface area contributed by atoms with E-state index in [-0.39, 0.29) is 17.6 Å². The van der Waals surface area contributed by atoms with Gasteiger partial charge in [0.05, 0.1) is 5.88 Å². The van der Waals surface area contributed by atoms with E-state index in [0.29, 0.717) is 24.6 Å². The van der Waals surface area contributed by atoms with Crippen molar-refractivity contribution < 1.29 is 14.0 Å². The van der Waals surface area contributed by atoms with Crippen LogP contribution in [0.25, 0.3) is 10.9 Å². The Hall–Kier alpha value is -2.02. The number of hydrogen-bond acceptors (Lipinski definition) is 3. The summed E-state index contributed by atoms with van der Waals surface area (Å²) < 4.78 is 13.3. The third kappa shape index (κ3) is 3.87. The van der Waals surface area contributed by atoms with Crippen molar-refractivity contribution in [1.29, 1.82) is 0 Å². The number of fused-ring (bicyclic) bond motifs is 1. The van der Waals surface area contributed by atoms with Crippen molar-refractivity contribution in [3.8, 4) is 0 Å². The molecule has 7 heteroatoms. The topological polar surface area (TPSA) is 65.2 Å². The van der Waals surface area contributed by atoms with E-state index in [1.54, 1.807) is 22.7 Å². The quantitative estimate of drug-likeness (QED) is 0.861. The highest BCUT2D eigenvalue weighted by Gasteiger charge is 2.38. The summed E-state index contributed by atoms with van der Waals surface area (Å²) in [4.78, 5) is 29.8. The van der Waals surface area contributed by atoms with Gasteiger partial charge in [0.1, 0.15) is 11.9 Å². The monoisotopic (exact) mass is 377 g/mol. The van der Waals surface area contributed by atoms with Gasteiger partial charge in [-0.1, -0.05) is 20.8 Å². The maximum absolute atomic E-state index is 13.3. The van der Waals surface area contributed by atoms with Crippen LogP contribution in [-0.4, -0.2) is 45.9 Å². The molecule has 0 aliphatic carbocycles. The van der Waals surface area contributed by atoms with E-state index in [2.05, 4.69) is 10.3 Å². The molecule has 1 aromatic carbocycles. The molecule has 3 rings (SSSR count). The Labute approximate surface area is 156 Å². The molecule has 1 unspecified atom stereocenters. The highest BCUT2D eigenvalue weighted by molar-refractivity contribution is 7.99. The van der Waals surface area contributed by atoms with Gasteiger partial charge in [-0.15, -0.1) is 11.8 Å². The second kappa shape index (κ2) is 7.31. The largest absolute Gasteiger partial charge is 0.361 e. The summed E-state index contributed by atoms with van der Waals surface area (Å²) >= 11 is 1.60. The van der Waals surface area contributed by atoms with E-state index in [4.69, 9.17) is 0 Å². The van der Waals surface area contributed by atoms with Crippen LogP contribution in [0, 0.1) is 11.2 Å². The molecule has 0 radical (unpaired) electrons. The standard InChI is InChI=1S/C19H24FN3O2S/c1-19(2,3)18(25)23-11-26-10-16(23)17(24)21-7-6-12-9-22-15-8-13(20)4-5-14(12)15/h4-5,8-9,16,22H,6-7,10-11H2,1-3H3,(H,21,24). The minimum Gasteiger partial charge on any atom is -0.361 e. The third-order valence-corrected chi connectivity index (χ3v) is 5.52. The molecule has 1 aromatic heterocycles. The lowest BCUT2D eigenvalue weighted by Crippen LogP contribution is -2.50. The van der Waals surface area contributed by atoms with Crippen LogP contribution < -0.4 is 5.32 Å².